The van der Waals surface area contributed by atoms with Gasteiger partial charge in [0.25, 0.3) is 0 Å². The molecule has 1 aromatic rings. The van der Waals surface area contributed by atoms with Gasteiger partial charge in [0.05, 0.1) is 11.3 Å². The van der Waals surface area contributed by atoms with E-state index in [0.29, 0.717) is 10.6 Å². The molecule has 1 aromatic carbocycles. The third-order valence-corrected chi connectivity index (χ3v) is 3.68. The molecule has 110 valence electrons. The van der Waals surface area contributed by atoms with E-state index in [1.165, 1.54) is 44.9 Å². The quantitative estimate of drug-likeness (QED) is 0.556. The average molecular weight is 293 g/mol. The molecule has 1 N–H and O–H groups in total. The molecular weight excluding hydrogens is 268 g/mol. The molecule has 20 heavy (non-hydrogen) atoms. The second kappa shape index (κ2) is 10.6. The Morgan fingerprint density at radius 1 is 1.05 bits per heavy atom. The van der Waals surface area contributed by atoms with E-state index in [1.54, 1.807) is 6.07 Å². The third-order valence-electron chi connectivity index (χ3n) is 3.45. The third kappa shape index (κ3) is 6.82. The lowest BCUT2D eigenvalue weighted by molar-refractivity contribution is 0.581. The minimum Gasteiger partial charge on any atom is -0.384 e. The largest absolute Gasteiger partial charge is 0.384 e. The van der Waals surface area contributed by atoms with Gasteiger partial charge in [0.1, 0.15) is 6.07 Å². The van der Waals surface area contributed by atoms with Crippen LogP contribution in [0.2, 0.25) is 5.02 Å². The van der Waals surface area contributed by atoms with Gasteiger partial charge in [-0.15, -0.1) is 0 Å². The van der Waals surface area contributed by atoms with Gasteiger partial charge in [-0.3, -0.25) is 0 Å². The summed E-state index contributed by atoms with van der Waals surface area (Å²) >= 11 is 5.87. The summed E-state index contributed by atoms with van der Waals surface area (Å²) in [4.78, 5) is 0. The minimum atomic E-state index is 0.610. The van der Waals surface area contributed by atoms with Crippen LogP contribution in [0.15, 0.2) is 18.2 Å². The van der Waals surface area contributed by atoms with Crippen LogP contribution in [0.4, 0.5) is 5.69 Å². The van der Waals surface area contributed by atoms with Crippen LogP contribution in [0.5, 0.6) is 0 Å². The number of nitrogens with zero attached hydrogens (tertiary/aromatic N) is 1. The summed E-state index contributed by atoms with van der Waals surface area (Å²) in [6, 6.07) is 7.57. The fourth-order valence-electron chi connectivity index (χ4n) is 2.25. The molecule has 0 amide bonds. The molecule has 0 aliphatic heterocycles. The highest BCUT2D eigenvalue weighted by Gasteiger charge is 2.01. The number of rotatable bonds is 10. The molecule has 3 heteroatoms. The van der Waals surface area contributed by atoms with Gasteiger partial charge >= 0.3 is 0 Å². The molecule has 0 saturated carbocycles. The number of nitriles is 1. The highest BCUT2D eigenvalue weighted by Crippen LogP contribution is 2.20. The number of unbranched alkanes of at least 4 members (excludes halogenated alkanes) is 7. The second-order valence-corrected chi connectivity index (χ2v) is 5.64. The number of hydrogen-bond acceptors (Lipinski definition) is 2. The van der Waals surface area contributed by atoms with Crippen LogP contribution in [0.3, 0.4) is 0 Å². The van der Waals surface area contributed by atoms with Crippen LogP contribution in [-0.2, 0) is 0 Å². The molecule has 0 radical (unpaired) electrons. The molecule has 0 aromatic heterocycles. The Morgan fingerprint density at radius 3 is 2.35 bits per heavy atom. The predicted octanol–water partition coefficient (Wildman–Crippen LogP) is 5.76. The monoisotopic (exact) mass is 292 g/mol. The van der Waals surface area contributed by atoms with Gasteiger partial charge in [0.15, 0.2) is 0 Å². The molecule has 0 aliphatic carbocycles. The summed E-state index contributed by atoms with van der Waals surface area (Å²) in [5, 5.41) is 13.0. The number of nitrogens with one attached hydrogen (secondary N) is 1. The molecule has 2 nitrogen and oxygen atoms in total. The first-order chi connectivity index (χ1) is 9.77. The number of benzene rings is 1. The van der Waals surface area contributed by atoms with Crippen molar-refractivity contribution >= 4 is 17.3 Å². The van der Waals surface area contributed by atoms with Crippen molar-refractivity contribution < 1.29 is 0 Å². The SMILES string of the molecule is CCCCCCCCCCNc1ccc(Cl)cc1C#N. The van der Waals surface area contributed by atoms with E-state index in [9.17, 15) is 0 Å². The van der Waals surface area contributed by atoms with Crippen LogP contribution in [-0.4, -0.2) is 6.54 Å². The zero-order valence-electron chi connectivity index (χ0n) is 12.4. The van der Waals surface area contributed by atoms with E-state index in [-0.39, 0.29) is 0 Å². The van der Waals surface area contributed by atoms with Crippen LogP contribution in [0.25, 0.3) is 0 Å². The molecule has 0 heterocycles. The van der Waals surface area contributed by atoms with Gasteiger partial charge < -0.3 is 5.32 Å². The molecule has 1 rings (SSSR count). The van der Waals surface area contributed by atoms with Crippen LogP contribution in [0, 0.1) is 11.3 Å². The first kappa shape index (κ1) is 16.9. The van der Waals surface area contributed by atoms with Crippen molar-refractivity contribution in [3.63, 3.8) is 0 Å². The maximum atomic E-state index is 9.04. The fraction of sp³-hybridized carbons (Fsp3) is 0.588. The summed E-state index contributed by atoms with van der Waals surface area (Å²) in [7, 11) is 0. The lowest BCUT2D eigenvalue weighted by atomic mass is 10.1. The topological polar surface area (TPSA) is 35.8 Å². The second-order valence-electron chi connectivity index (χ2n) is 5.20. The van der Waals surface area contributed by atoms with Crippen molar-refractivity contribution in [2.75, 3.05) is 11.9 Å². The van der Waals surface area contributed by atoms with Gasteiger partial charge in [0, 0.05) is 11.6 Å². The minimum absolute atomic E-state index is 0.610. The lowest BCUT2D eigenvalue weighted by Gasteiger charge is -2.08. The van der Waals surface area contributed by atoms with Crippen LogP contribution in [0.1, 0.15) is 63.9 Å². The first-order valence-corrected chi connectivity index (χ1v) is 8.09. The van der Waals surface area contributed by atoms with Crippen LogP contribution < -0.4 is 5.32 Å². The Labute approximate surface area is 128 Å². The number of anilines is 1. The Bertz CT molecular complexity index is 423. The van der Waals surface area contributed by atoms with E-state index >= 15 is 0 Å². The highest BCUT2D eigenvalue weighted by molar-refractivity contribution is 6.30. The summed E-state index contributed by atoms with van der Waals surface area (Å²) in [5.41, 5.74) is 1.51. The van der Waals surface area contributed by atoms with Crippen molar-refractivity contribution in [2.45, 2.75) is 58.3 Å². The fourth-order valence-corrected chi connectivity index (χ4v) is 2.42. The molecule has 0 aliphatic rings. The van der Waals surface area contributed by atoms with E-state index in [4.69, 9.17) is 16.9 Å². The lowest BCUT2D eigenvalue weighted by Crippen LogP contribution is -2.03. The Kier molecular flexibility index (Phi) is 8.91. The van der Waals surface area contributed by atoms with Gasteiger partial charge in [-0.2, -0.15) is 5.26 Å². The summed E-state index contributed by atoms with van der Waals surface area (Å²) < 4.78 is 0. The van der Waals surface area contributed by atoms with Crippen molar-refractivity contribution in [1.82, 2.24) is 0 Å². The predicted molar refractivity (Wildman–Crippen MR) is 87.3 cm³/mol. The molecule has 0 unspecified atom stereocenters. The molecule has 0 bridgehead atoms. The Balaban J connectivity index is 2.11. The van der Waals surface area contributed by atoms with Crippen molar-refractivity contribution in [1.29, 1.82) is 5.26 Å². The maximum Gasteiger partial charge on any atom is 0.101 e. The van der Waals surface area contributed by atoms with Crippen molar-refractivity contribution in [3.05, 3.63) is 28.8 Å². The smallest absolute Gasteiger partial charge is 0.101 e. The van der Waals surface area contributed by atoms with Crippen molar-refractivity contribution in [2.24, 2.45) is 0 Å². The standard InChI is InChI=1S/C17H25ClN2/c1-2-3-4-5-6-7-8-9-12-20-17-11-10-16(18)13-15(17)14-19/h10-11,13,20H,2-9,12H2,1H3. The van der Waals surface area contributed by atoms with E-state index in [0.717, 1.165) is 18.7 Å². The van der Waals surface area contributed by atoms with Crippen molar-refractivity contribution in [3.8, 4) is 6.07 Å². The number of halogens is 1. The molecule has 0 spiro atoms. The zero-order chi connectivity index (χ0) is 14.6. The Morgan fingerprint density at radius 2 is 1.70 bits per heavy atom. The van der Waals surface area contributed by atoms with E-state index < -0.39 is 0 Å². The first-order valence-electron chi connectivity index (χ1n) is 7.71. The molecule has 0 atom stereocenters. The summed E-state index contributed by atoms with van der Waals surface area (Å²) in [5.74, 6) is 0. The Hall–Kier alpha value is -1.20. The van der Waals surface area contributed by atoms with Gasteiger partial charge in [-0.05, 0) is 24.6 Å². The average Bonchev–Trinajstić information content (AvgIpc) is 2.46. The van der Waals surface area contributed by atoms with Gasteiger partial charge in [0.2, 0.25) is 0 Å². The highest BCUT2D eigenvalue weighted by atomic mass is 35.5. The number of hydrogen-bond donors (Lipinski definition) is 1. The summed E-state index contributed by atoms with van der Waals surface area (Å²) in [6.45, 7) is 3.17. The van der Waals surface area contributed by atoms with E-state index in [2.05, 4.69) is 18.3 Å². The normalized spacial score (nSPS) is 10.2. The van der Waals surface area contributed by atoms with Crippen LogP contribution >= 0.6 is 11.6 Å². The molecule has 0 fully saturated rings. The molecular formula is C17H25ClN2. The summed E-state index contributed by atoms with van der Waals surface area (Å²) in [6.07, 6.45) is 10.5. The maximum absolute atomic E-state index is 9.04. The van der Waals surface area contributed by atoms with Gasteiger partial charge in [-0.25, -0.2) is 0 Å². The van der Waals surface area contributed by atoms with Gasteiger partial charge in [-0.1, -0.05) is 63.5 Å². The molecule has 0 saturated heterocycles. The zero-order valence-corrected chi connectivity index (χ0v) is 13.2. The van der Waals surface area contributed by atoms with E-state index in [1.807, 2.05) is 12.1 Å².